The third-order valence-electron chi connectivity index (χ3n) is 3.19. The molecule has 3 rings (SSSR count). The van der Waals surface area contributed by atoms with Crippen molar-refractivity contribution in [3.63, 3.8) is 0 Å². The zero-order chi connectivity index (χ0) is 15.0. The van der Waals surface area contributed by atoms with Crippen LogP contribution in [0.2, 0.25) is 5.15 Å². The molecule has 0 spiro atoms. The first kappa shape index (κ1) is 13.9. The number of hydrogen-bond acceptors (Lipinski definition) is 1. The van der Waals surface area contributed by atoms with Crippen LogP contribution in [0.25, 0.3) is 5.65 Å². The molecule has 0 aliphatic rings. The van der Waals surface area contributed by atoms with E-state index in [4.69, 9.17) is 11.6 Å². The Hall–Kier alpha value is -2.01. The summed E-state index contributed by atoms with van der Waals surface area (Å²) in [4.78, 5) is 4.30. The largest absolute Gasteiger partial charge is 0.416 e. The van der Waals surface area contributed by atoms with Crippen molar-refractivity contribution in [2.45, 2.75) is 12.6 Å². The molecule has 108 valence electrons. The highest BCUT2D eigenvalue weighted by atomic mass is 35.5. The number of halogens is 4. The summed E-state index contributed by atoms with van der Waals surface area (Å²) >= 11 is 6.02. The monoisotopic (exact) mass is 310 g/mol. The topological polar surface area (TPSA) is 17.3 Å². The van der Waals surface area contributed by atoms with E-state index in [0.29, 0.717) is 16.5 Å². The fourth-order valence-electron chi connectivity index (χ4n) is 2.26. The molecule has 0 atom stereocenters. The average Bonchev–Trinajstić information content (AvgIpc) is 2.82. The van der Waals surface area contributed by atoms with Crippen LogP contribution in [0.5, 0.6) is 0 Å². The smallest absolute Gasteiger partial charge is 0.290 e. The molecule has 21 heavy (non-hydrogen) atoms. The Balaban J connectivity index is 2.01. The lowest BCUT2D eigenvalue weighted by molar-refractivity contribution is -0.138. The standard InChI is InChI=1S/C15H10ClF3N2/c16-13-6-3-7-14-20-11(9-21(13)14)8-10-4-1-2-5-12(10)15(17,18)19/h1-7,9H,8H2. The Kier molecular flexibility index (Phi) is 3.37. The van der Waals surface area contributed by atoms with E-state index >= 15 is 0 Å². The number of benzene rings is 1. The van der Waals surface area contributed by atoms with Crippen LogP contribution in [0.15, 0.2) is 48.7 Å². The summed E-state index contributed by atoms with van der Waals surface area (Å²) in [6.45, 7) is 0. The highest BCUT2D eigenvalue weighted by Crippen LogP contribution is 2.32. The average molecular weight is 311 g/mol. The predicted molar refractivity (Wildman–Crippen MR) is 74.5 cm³/mol. The van der Waals surface area contributed by atoms with Gasteiger partial charge in [-0.15, -0.1) is 0 Å². The van der Waals surface area contributed by atoms with Crippen molar-refractivity contribution in [3.8, 4) is 0 Å². The molecule has 1 aromatic carbocycles. The van der Waals surface area contributed by atoms with Crippen molar-refractivity contribution in [1.29, 1.82) is 0 Å². The van der Waals surface area contributed by atoms with Crippen molar-refractivity contribution in [1.82, 2.24) is 9.38 Å². The molecule has 2 heterocycles. The fourth-order valence-corrected chi connectivity index (χ4v) is 2.47. The Bertz CT molecular complexity index is 793. The van der Waals surface area contributed by atoms with E-state index in [1.165, 1.54) is 12.1 Å². The lowest BCUT2D eigenvalue weighted by atomic mass is 10.0. The fraction of sp³-hybridized carbons (Fsp3) is 0.133. The normalized spacial score (nSPS) is 12.0. The summed E-state index contributed by atoms with van der Waals surface area (Å²) in [5.74, 6) is 0. The lowest BCUT2D eigenvalue weighted by Crippen LogP contribution is -2.09. The van der Waals surface area contributed by atoms with E-state index in [2.05, 4.69) is 4.98 Å². The van der Waals surface area contributed by atoms with Gasteiger partial charge >= 0.3 is 6.18 Å². The highest BCUT2D eigenvalue weighted by Gasteiger charge is 2.32. The molecule has 0 N–H and O–H groups in total. The maximum atomic E-state index is 13.0. The van der Waals surface area contributed by atoms with Crippen LogP contribution in [0.4, 0.5) is 13.2 Å². The van der Waals surface area contributed by atoms with E-state index in [1.807, 2.05) is 0 Å². The second-order valence-corrected chi connectivity index (χ2v) is 5.03. The molecule has 0 amide bonds. The Morgan fingerprint density at radius 1 is 1.05 bits per heavy atom. The van der Waals surface area contributed by atoms with Crippen LogP contribution in [-0.4, -0.2) is 9.38 Å². The summed E-state index contributed by atoms with van der Waals surface area (Å²) in [5, 5.41) is 0.468. The maximum Gasteiger partial charge on any atom is 0.416 e. The van der Waals surface area contributed by atoms with Gasteiger partial charge in [-0.25, -0.2) is 4.98 Å². The number of nitrogens with zero attached hydrogens (tertiary/aromatic N) is 2. The van der Waals surface area contributed by atoms with Crippen molar-refractivity contribution >= 4 is 17.2 Å². The van der Waals surface area contributed by atoms with Crippen molar-refractivity contribution in [2.24, 2.45) is 0 Å². The van der Waals surface area contributed by atoms with Gasteiger partial charge in [0.15, 0.2) is 0 Å². The minimum absolute atomic E-state index is 0.105. The molecule has 3 aromatic rings. The van der Waals surface area contributed by atoms with E-state index < -0.39 is 11.7 Å². The molecule has 0 unspecified atom stereocenters. The number of fused-ring (bicyclic) bond motifs is 1. The van der Waals surface area contributed by atoms with Crippen LogP contribution in [0.1, 0.15) is 16.8 Å². The van der Waals surface area contributed by atoms with Gasteiger partial charge in [0.05, 0.1) is 11.3 Å². The van der Waals surface area contributed by atoms with Gasteiger partial charge in [-0.05, 0) is 23.8 Å². The first-order chi connectivity index (χ1) is 9.95. The SMILES string of the molecule is FC(F)(F)c1ccccc1Cc1cn2c(Cl)cccc2n1. The van der Waals surface area contributed by atoms with Gasteiger partial charge in [0.1, 0.15) is 10.8 Å². The van der Waals surface area contributed by atoms with Crippen molar-refractivity contribution in [3.05, 3.63) is 70.6 Å². The first-order valence-electron chi connectivity index (χ1n) is 6.23. The molecular weight excluding hydrogens is 301 g/mol. The molecule has 0 bridgehead atoms. The highest BCUT2D eigenvalue weighted by molar-refractivity contribution is 6.29. The minimum atomic E-state index is -4.37. The molecule has 2 aromatic heterocycles. The Labute approximate surface area is 123 Å². The van der Waals surface area contributed by atoms with E-state index in [-0.39, 0.29) is 12.0 Å². The lowest BCUT2D eigenvalue weighted by Gasteiger charge is -2.11. The van der Waals surface area contributed by atoms with Crippen LogP contribution in [0, 0.1) is 0 Å². The van der Waals surface area contributed by atoms with E-state index in [0.717, 1.165) is 6.07 Å². The molecule has 2 nitrogen and oxygen atoms in total. The van der Waals surface area contributed by atoms with Crippen LogP contribution < -0.4 is 0 Å². The van der Waals surface area contributed by atoms with Gasteiger partial charge in [0.2, 0.25) is 0 Å². The van der Waals surface area contributed by atoms with Gasteiger partial charge in [-0.3, -0.25) is 4.40 Å². The number of pyridine rings is 1. The van der Waals surface area contributed by atoms with E-state index in [9.17, 15) is 13.2 Å². The summed E-state index contributed by atoms with van der Waals surface area (Å²) in [6, 6.07) is 10.7. The molecule has 0 saturated carbocycles. The Morgan fingerprint density at radius 3 is 2.52 bits per heavy atom. The predicted octanol–water partition coefficient (Wildman–Crippen LogP) is 4.60. The summed E-state index contributed by atoms with van der Waals surface area (Å²) in [5.41, 5.74) is 0.722. The Morgan fingerprint density at radius 2 is 1.81 bits per heavy atom. The van der Waals surface area contributed by atoms with Crippen LogP contribution in [-0.2, 0) is 12.6 Å². The van der Waals surface area contributed by atoms with Gasteiger partial charge < -0.3 is 0 Å². The molecule has 0 aliphatic heterocycles. The third-order valence-corrected chi connectivity index (χ3v) is 3.49. The maximum absolute atomic E-state index is 13.0. The molecular formula is C15H10ClF3N2. The number of hydrogen-bond donors (Lipinski definition) is 0. The third kappa shape index (κ3) is 2.74. The van der Waals surface area contributed by atoms with Crippen LogP contribution in [0.3, 0.4) is 0 Å². The first-order valence-corrected chi connectivity index (χ1v) is 6.60. The summed E-state index contributed by atoms with van der Waals surface area (Å²) in [6.07, 6.45) is -2.61. The molecule has 0 radical (unpaired) electrons. The number of imidazole rings is 1. The zero-order valence-electron chi connectivity index (χ0n) is 10.7. The van der Waals surface area contributed by atoms with Crippen LogP contribution >= 0.6 is 11.6 Å². The zero-order valence-corrected chi connectivity index (χ0v) is 11.5. The van der Waals surface area contributed by atoms with Gasteiger partial charge in [0, 0.05) is 12.6 Å². The molecule has 0 aliphatic carbocycles. The molecule has 0 fully saturated rings. The summed E-state index contributed by atoms with van der Waals surface area (Å²) < 4.78 is 40.6. The van der Waals surface area contributed by atoms with Gasteiger partial charge in [-0.2, -0.15) is 13.2 Å². The molecule has 0 saturated heterocycles. The van der Waals surface area contributed by atoms with Crippen molar-refractivity contribution < 1.29 is 13.2 Å². The van der Waals surface area contributed by atoms with Gasteiger partial charge in [-0.1, -0.05) is 35.9 Å². The van der Waals surface area contributed by atoms with Gasteiger partial charge in [0.25, 0.3) is 0 Å². The summed E-state index contributed by atoms with van der Waals surface area (Å²) in [7, 11) is 0. The van der Waals surface area contributed by atoms with Crippen molar-refractivity contribution in [2.75, 3.05) is 0 Å². The number of alkyl halides is 3. The second-order valence-electron chi connectivity index (χ2n) is 4.64. The van der Waals surface area contributed by atoms with E-state index in [1.54, 1.807) is 34.9 Å². The molecule has 6 heteroatoms. The minimum Gasteiger partial charge on any atom is -0.290 e. The quantitative estimate of drug-likeness (QED) is 0.632. The number of aromatic nitrogens is 2. The second kappa shape index (κ2) is 5.07. The number of rotatable bonds is 2.